The normalized spacial score (nSPS) is 19.1. The largest absolute Gasteiger partial charge is 0.493 e. The topological polar surface area (TPSA) is 9.23 Å². The first-order chi connectivity index (χ1) is 9.34. The van der Waals surface area contributed by atoms with Crippen molar-refractivity contribution < 1.29 is 4.74 Å². The van der Waals surface area contributed by atoms with Gasteiger partial charge in [0, 0.05) is 11.5 Å². The van der Waals surface area contributed by atoms with Crippen molar-refractivity contribution in [3.05, 3.63) is 71.8 Å². The Morgan fingerprint density at radius 2 is 1.79 bits per heavy atom. The molecule has 1 aliphatic rings. The smallest absolute Gasteiger partial charge is 0.122 e. The van der Waals surface area contributed by atoms with Gasteiger partial charge in [-0.2, -0.15) is 0 Å². The van der Waals surface area contributed by atoms with Crippen LogP contribution in [0.4, 0.5) is 0 Å². The van der Waals surface area contributed by atoms with Crippen LogP contribution in [0.1, 0.15) is 24.0 Å². The first-order valence-electron chi connectivity index (χ1n) is 6.79. The lowest BCUT2D eigenvalue weighted by molar-refractivity contribution is 0.312. The number of hydrogen-bond donors (Lipinski definition) is 0. The summed E-state index contributed by atoms with van der Waals surface area (Å²) in [6.45, 7) is 3.05. The molecule has 2 aromatic rings. The van der Waals surface area contributed by atoms with Gasteiger partial charge >= 0.3 is 0 Å². The van der Waals surface area contributed by atoms with Crippen molar-refractivity contribution in [2.24, 2.45) is 5.92 Å². The Bertz CT molecular complexity index is 571. The molecule has 2 aromatic carbocycles. The summed E-state index contributed by atoms with van der Waals surface area (Å²) in [6.07, 6.45) is 4.48. The van der Waals surface area contributed by atoms with E-state index in [4.69, 9.17) is 4.74 Å². The van der Waals surface area contributed by atoms with E-state index in [0.29, 0.717) is 11.8 Å². The van der Waals surface area contributed by atoms with Crippen LogP contribution < -0.4 is 4.74 Å². The van der Waals surface area contributed by atoms with Crippen LogP contribution in [0.25, 0.3) is 6.08 Å². The third-order valence-corrected chi connectivity index (χ3v) is 3.76. The zero-order chi connectivity index (χ0) is 13.1. The Kier molecular flexibility index (Phi) is 3.37. The fourth-order valence-corrected chi connectivity index (χ4v) is 2.58. The van der Waals surface area contributed by atoms with Crippen LogP contribution in [-0.4, -0.2) is 6.61 Å². The maximum atomic E-state index is 5.75. The third kappa shape index (κ3) is 2.55. The highest BCUT2D eigenvalue weighted by molar-refractivity contribution is 5.50. The summed E-state index contributed by atoms with van der Waals surface area (Å²) in [5, 5.41) is 0. The van der Waals surface area contributed by atoms with E-state index in [1.807, 2.05) is 12.1 Å². The molecule has 0 aromatic heterocycles. The highest BCUT2D eigenvalue weighted by Crippen LogP contribution is 2.38. The van der Waals surface area contributed by atoms with Gasteiger partial charge < -0.3 is 4.74 Å². The maximum Gasteiger partial charge on any atom is 0.122 e. The molecule has 0 radical (unpaired) electrons. The second kappa shape index (κ2) is 5.31. The predicted molar refractivity (Wildman–Crippen MR) is 79.3 cm³/mol. The maximum absolute atomic E-state index is 5.75. The average Bonchev–Trinajstić information content (AvgIpc) is 2.90. The monoisotopic (exact) mass is 250 g/mol. The molecule has 1 nitrogen and oxygen atoms in total. The lowest BCUT2D eigenvalue weighted by Gasteiger charge is -2.14. The highest BCUT2D eigenvalue weighted by Gasteiger charge is 2.26. The van der Waals surface area contributed by atoms with Gasteiger partial charge in [0.25, 0.3) is 0 Å². The fourth-order valence-electron chi connectivity index (χ4n) is 2.58. The fraction of sp³-hybridized carbons (Fsp3) is 0.222. The third-order valence-electron chi connectivity index (χ3n) is 3.76. The standard InChI is InChI=1S/C18H18O/c1-14(11-12-15-7-3-2-4-8-15)17-13-19-18-10-6-5-9-16(17)18/h2-12,14,17H,13H2,1H3/b12-11+. The van der Waals surface area contributed by atoms with Crippen LogP contribution >= 0.6 is 0 Å². The molecule has 0 aliphatic carbocycles. The Morgan fingerprint density at radius 3 is 2.63 bits per heavy atom. The lowest BCUT2D eigenvalue weighted by Crippen LogP contribution is -2.08. The number of hydrogen-bond acceptors (Lipinski definition) is 1. The number of allylic oxidation sites excluding steroid dienone is 1. The number of para-hydroxylation sites is 1. The Balaban J connectivity index is 1.76. The predicted octanol–water partition coefficient (Wildman–Crippen LogP) is 4.51. The lowest BCUT2D eigenvalue weighted by atomic mass is 9.88. The summed E-state index contributed by atoms with van der Waals surface area (Å²) >= 11 is 0. The van der Waals surface area contributed by atoms with Crippen LogP contribution in [0.3, 0.4) is 0 Å². The van der Waals surface area contributed by atoms with E-state index in [-0.39, 0.29) is 0 Å². The second-order valence-corrected chi connectivity index (χ2v) is 5.08. The van der Waals surface area contributed by atoms with E-state index in [2.05, 4.69) is 61.5 Å². The molecule has 0 bridgehead atoms. The zero-order valence-corrected chi connectivity index (χ0v) is 11.1. The van der Waals surface area contributed by atoms with Gasteiger partial charge in [-0.05, 0) is 17.5 Å². The first kappa shape index (κ1) is 12.0. The van der Waals surface area contributed by atoms with Gasteiger partial charge in [0.1, 0.15) is 5.75 Å². The summed E-state index contributed by atoms with van der Waals surface area (Å²) in [6, 6.07) is 18.8. The quantitative estimate of drug-likeness (QED) is 0.778. The second-order valence-electron chi connectivity index (χ2n) is 5.08. The van der Waals surface area contributed by atoms with Crippen molar-refractivity contribution in [1.82, 2.24) is 0 Å². The van der Waals surface area contributed by atoms with Gasteiger partial charge in [-0.25, -0.2) is 0 Å². The number of benzene rings is 2. The molecule has 0 saturated heterocycles. The van der Waals surface area contributed by atoms with Crippen LogP contribution in [0, 0.1) is 5.92 Å². The molecule has 0 amide bonds. The Hall–Kier alpha value is -2.02. The van der Waals surface area contributed by atoms with Crippen molar-refractivity contribution >= 4 is 6.08 Å². The minimum absolute atomic E-state index is 0.469. The molecule has 2 unspecified atom stereocenters. The molecule has 1 heterocycles. The van der Waals surface area contributed by atoms with Gasteiger partial charge in [0.05, 0.1) is 6.61 Å². The molecule has 1 heteroatoms. The van der Waals surface area contributed by atoms with Gasteiger partial charge in [0.2, 0.25) is 0 Å². The van der Waals surface area contributed by atoms with Crippen molar-refractivity contribution in [3.8, 4) is 5.75 Å². The molecule has 19 heavy (non-hydrogen) atoms. The summed E-state index contributed by atoms with van der Waals surface area (Å²) in [7, 11) is 0. The van der Waals surface area contributed by atoms with E-state index in [1.54, 1.807) is 0 Å². The van der Waals surface area contributed by atoms with Gasteiger partial charge in [-0.15, -0.1) is 0 Å². The van der Waals surface area contributed by atoms with Crippen LogP contribution in [0.5, 0.6) is 5.75 Å². The summed E-state index contributed by atoms with van der Waals surface area (Å²) in [5.74, 6) is 1.99. The van der Waals surface area contributed by atoms with E-state index in [9.17, 15) is 0 Å². The molecule has 3 rings (SSSR count). The van der Waals surface area contributed by atoms with Gasteiger partial charge in [0.15, 0.2) is 0 Å². The molecule has 0 saturated carbocycles. The van der Waals surface area contributed by atoms with E-state index < -0.39 is 0 Å². The van der Waals surface area contributed by atoms with Crippen LogP contribution in [0.2, 0.25) is 0 Å². The molecule has 0 spiro atoms. The van der Waals surface area contributed by atoms with E-state index >= 15 is 0 Å². The van der Waals surface area contributed by atoms with Crippen molar-refractivity contribution in [2.75, 3.05) is 6.61 Å². The summed E-state index contributed by atoms with van der Waals surface area (Å²) < 4.78 is 5.75. The van der Waals surface area contributed by atoms with Crippen molar-refractivity contribution in [1.29, 1.82) is 0 Å². The van der Waals surface area contributed by atoms with Gasteiger partial charge in [-0.3, -0.25) is 0 Å². The molecule has 2 atom stereocenters. The van der Waals surface area contributed by atoms with Crippen LogP contribution in [-0.2, 0) is 0 Å². The SMILES string of the molecule is CC(/C=C/c1ccccc1)C1COc2ccccc21. The molecule has 0 N–H and O–H groups in total. The molecular formula is C18H18O. The highest BCUT2D eigenvalue weighted by atomic mass is 16.5. The molecule has 96 valence electrons. The number of rotatable bonds is 3. The number of fused-ring (bicyclic) bond motifs is 1. The minimum Gasteiger partial charge on any atom is -0.493 e. The molecular weight excluding hydrogens is 232 g/mol. The minimum atomic E-state index is 0.469. The Morgan fingerprint density at radius 1 is 1.05 bits per heavy atom. The number of ether oxygens (including phenoxy) is 1. The van der Waals surface area contributed by atoms with Crippen LogP contribution in [0.15, 0.2) is 60.7 Å². The van der Waals surface area contributed by atoms with E-state index in [0.717, 1.165) is 12.4 Å². The van der Waals surface area contributed by atoms with Crippen molar-refractivity contribution in [2.45, 2.75) is 12.8 Å². The van der Waals surface area contributed by atoms with E-state index in [1.165, 1.54) is 11.1 Å². The Labute approximate surface area is 114 Å². The zero-order valence-electron chi connectivity index (χ0n) is 11.1. The summed E-state index contributed by atoms with van der Waals surface area (Å²) in [4.78, 5) is 0. The molecule has 1 aliphatic heterocycles. The van der Waals surface area contributed by atoms with Gasteiger partial charge in [-0.1, -0.05) is 67.6 Å². The summed E-state index contributed by atoms with van der Waals surface area (Å²) in [5.41, 5.74) is 2.59. The van der Waals surface area contributed by atoms with Crippen molar-refractivity contribution in [3.63, 3.8) is 0 Å². The average molecular weight is 250 g/mol. The molecule has 0 fully saturated rings. The first-order valence-corrected chi connectivity index (χ1v) is 6.79.